The lowest BCUT2D eigenvalue weighted by atomic mass is 9.82. The van der Waals surface area contributed by atoms with E-state index in [1.165, 1.54) is 0 Å². The van der Waals surface area contributed by atoms with E-state index in [1.54, 1.807) is 6.08 Å². The summed E-state index contributed by atoms with van der Waals surface area (Å²) in [5.74, 6) is 0. The Hall–Kier alpha value is -1.23. The smallest absolute Gasteiger partial charge is 0.101 e. The standard InChI is InChI=1S/C9H12N2/c1-9(2)4-3-7(6-10)8(11)5-9/h3-4H,5,11H2,1-2H3. The number of nitriles is 1. The monoisotopic (exact) mass is 148 g/mol. The van der Waals surface area contributed by atoms with Crippen molar-refractivity contribution in [1.29, 1.82) is 5.26 Å². The van der Waals surface area contributed by atoms with Gasteiger partial charge >= 0.3 is 0 Å². The summed E-state index contributed by atoms with van der Waals surface area (Å²) >= 11 is 0. The van der Waals surface area contributed by atoms with E-state index in [0.717, 1.165) is 6.42 Å². The molecule has 0 aromatic heterocycles. The summed E-state index contributed by atoms with van der Waals surface area (Å²) in [6.45, 7) is 4.20. The largest absolute Gasteiger partial charge is 0.401 e. The van der Waals surface area contributed by atoms with Gasteiger partial charge in [0, 0.05) is 5.70 Å². The minimum Gasteiger partial charge on any atom is -0.401 e. The van der Waals surface area contributed by atoms with E-state index in [9.17, 15) is 0 Å². The van der Waals surface area contributed by atoms with Crippen molar-refractivity contribution in [3.8, 4) is 6.07 Å². The molecule has 0 spiro atoms. The number of allylic oxidation sites excluding steroid dienone is 4. The van der Waals surface area contributed by atoms with Crippen molar-refractivity contribution in [1.82, 2.24) is 0 Å². The van der Waals surface area contributed by atoms with Gasteiger partial charge in [0.25, 0.3) is 0 Å². The molecule has 1 aliphatic rings. The zero-order valence-corrected chi connectivity index (χ0v) is 6.89. The van der Waals surface area contributed by atoms with Gasteiger partial charge in [-0.1, -0.05) is 19.9 Å². The fourth-order valence-electron chi connectivity index (χ4n) is 1.17. The molecule has 0 atom stereocenters. The topological polar surface area (TPSA) is 49.8 Å². The third-order valence-electron chi connectivity index (χ3n) is 1.81. The van der Waals surface area contributed by atoms with Crippen molar-refractivity contribution in [2.24, 2.45) is 11.1 Å². The minimum atomic E-state index is 0.116. The Morgan fingerprint density at radius 2 is 2.27 bits per heavy atom. The molecule has 0 unspecified atom stereocenters. The number of nitrogens with zero attached hydrogens (tertiary/aromatic N) is 1. The van der Waals surface area contributed by atoms with Gasteiger partial charge < -0.3 is 5.73 Å². The van der Waals surface area contributed by atoms with Crippen molar-refractivity contribution >= 4 is 0 Å². The third-order valence-corrected chi connectivity index (χ3v) is 1.81. The van der Waals surface area contributed by atoms with Gasteiger partial charge in [-0.05, 0) is 17.9 Å². The maximum atomic E-state index is 8.59. The Bertz CT molecular complexity index is 264. The fourth-order valence-corrected chi connectivity index (χ4v) is 1.17. The molecule has 0 fully saturated rings. The van der Waals surface area contributed by atoms with Gasteiger partial charge in [0.15, 0.2) is 0 Å². The quantitative estimate of drug-likeness (QED) is 0.568. The fraction of sp³-hybridized carbons (Fsp3) is 0.444. The van der Waals surface area contributed by atoms with Crippen LogP contribution >= 0.6 is 0 Å². The summed E-state index contributed by atoms with van der Waals surface area (Å²) in [4.78, 5) is 0. The van der Waals surface area contributed by atoms with Crippen LogP contribution in [0.1, 0.15) is 20.3 Å². The van der Waals surface area contributed by atoms with Crippen LogP contribution < -0.4 is 5.73 Å². The van der Waals surface area contributed by atoms with Crippen LogP contribution in [0.3, 0.4) is 0 Å². The van der Waals surface area contributed by atoms with Gasteiger partial charge in [0.05, 0.1) is 5.57 Å². The van der Waals surface area contributed by atoms with Crippen LogP contribution in [0.4, 0.5) is 0 Å². The first-order chi connectivity index (χ1) is 5.05. The summed E-state index contributed by atoms with van der Waals surface area (Å²) < 4.78 is 0. The zero-order valence-electron chi connectivity index (χ0n) is 6.89. The van der Waals surface area contributed by atoms with Crippen LogP contribution in [0.15, 0.2) is 23.4 Å². The van der Waals surface area contributed by atoms with Crippen molar-refractivity contribution in [2.45, 2.75) is 20.3 Å². The van der Waals surface area contributed by atoms with E-state index < -0.39 is 0 Å². The molecule has 0 saturated heterocycles. The third kappa shape index (κ3) is 1.62. The predicted molar refractivity (Wildman–Crippen MR) is 44.4 cm³/mol. The SMILES string of the molecule is CC1(C)C=CC(C#N)=C(N)C1. The van der Waals surface area contributed by atoms with E-state index in [0.29, 0.717) is 11.3 Å². The van der Waals surface area contributed by atoms with E-state index in [-0.39, 0.29) is 5.41 Å². The molecule has 2 N–H and O–H groups in total. The van der Waals surface area contributed by atoms with Crippen LogP contribution in [-0.2, 0) is 0 Å². The lowest BCUT2D eigenvalue weighted by Crippen LogP contribution is -2.17. The molecule has 0 aromatic rings. The van der Waals surface area contributed by atoms with Gasteiger partial charge in [0.2, 0.25) is 0 Å². The normalized spacial score (nSPS) is 21.5. The Kier molecular flexibility index (Phi) is 1.74. The van der Waals surface area contributed by atoms with Crippen molar-refractivity contribution in [3.63, 3.8) is 0 Å². The van der Waals surface area contributed by atoms with Crippen LogP contribution in [0.25, 0.3) is 0 Å². The summed E-state index contributed by atoms with van der Waals surface area (Å²) in [6.07, 6.45) is 4.62. The van der Waals surface area contributed by atoms with Gasteiger partial charge in [-0.3, -0.25) is 0 Å². The van der Waals surface area contributed by atoms with Gasteiger partial charge in [-0.15, -0.1) is 0 Å². The van der Waals surface area contributed by atoms with Crippen LogP contribution in [-0.4, -0.2) is 0 Å². The van der Waals surface area contributed by atoms with Crippen LogP contribution in [0.2, 0.25) is 0 Å². The average molecular weight is 148 g/mol. The molecule has 2 heteroatoms. The second kappa shape index (κ2) is 2.43. The number of hydrogen-bond acceptors (Lipinski definition) is 2. The van der Waals surface area contributed by atoms with Crippen molar-refractivity contribution < 1.29 is 0 Å². The summed E-state index contributed by atoms with van der Waals surface area (Å²) in [5, 5.41) is 8.59. The van der Waals surface area contributed by atoms with E-state index >= 15 is 0 Å². The molecule has 0 aromatic carbocycles. The summed E-state index contributed by atoms with van der Waals surface area (Å²) in [5.41, 5.74) is 7.11. The van der Waals surface area contributed by atoms with Crippen LogP contribution in [0.5, 0.6) is 0 Å². The Morgan fingerprint density at radius 1 is 1.64 bits per heavy atom. The predicted octanol–water partition coefficient (Wildman–Crippen LogP) is 1.71. The molecule has 0 bridgehead atoms. The highest BCUT2D eigenvalue weighted by molar-refractivity contribution is 5.40. The molecular formula is C9H12N2. The average Bonchev–Trinajstić information content (AvgIpc) is 1.86. The second-order valence-corrected chi connectivity index (χ2v) is 3.55. The van der Waals surface area contributed by atoms with E-state index in [2.05, 4.69) is 19.9 Å². The molecule has 11 heavy (non-hydrogen) atoms. The maximum absolute atomic E-state index is 8.59. The Morgan fingerprint density at radius 3 is 2.73 bits per heavy atom. The zero-order chi connectivity index (χ0) is 8.48. The molecule has 0 amide bonds. The summed E-state index contributed by atoms with van der Waals surface area (Å²) in [6, 6.07) is 2.06. The lowest BCUT2D eigenvalue weighted by molar-refractivity contribution is 0.466. The minimum absolute atomic E-state index is 0.116. The molecule has 0 saturated carbocycles. The molecule has 1 aliphatic carbocycles. The molecule has 58 valence electrons. The first kappa shape index (κ1) is 7.87. The molecule has 1 rings (SSSR count). The van der Waals surface area contributed by atoms with Crippen LogP contribution in [0, 0.1) is 16.7 Å². The molecular weight excluding hydrogens is 136 g/mol. The first-order valence-electron chi connectivity index (χ1n) is 3.63. The van der Waals surface area contributed by atoms with E-state index in [4.69, 9.17) is 11.0 Å². The maximum Gasteiger partial charge on any atom is 0.101 e. The van der Waals surface area contributed by atoms with Gasteiger partial charge in [0.1, 0.15) is 6.07 Å². The highest BCUT2D eigenvalue weighted by Gasteiger charge is 2.20. The highest BCUT2D eigenvalue weighted by Crippen LogP contribution is 2.30. The Balaban J connectivity index is 2.93. The molecule has 0 aliphatic heterocycles. The van der Waals surface area contributed by atoms with Crippen molar-refractivity contribution in [3.05, 3.63) is 23.4 Å². The van der Waals surface area contributed by atoms with E-state index in [1.807, 2.05) is 6.08 Å². The number of nitrogens with two attached hydrogens (primary N) is 1. The first-order valence-corrected chi connectivity index (χ1v) is 3.63. The van der Waals surface area contributed by atoms with Gasteiger partial charge in [-0.2, -0.15) is 5.26 Å². The molecule has 0 radical (unpaired) electrons. The Labute approximate surface area is 67.0 Å². The number of hydrogen-bond donors (Lipinski definition) is 1. The second-order valence-electron chi connectivity index (χ2n) is 3.55. The summed E-state index contributed by atoms with van der Waals surface area (Å²) in [7, 11) is 0. The lowest BCUT2D eigenvalue weighted by Gasteiger charge is -2.23. The molecule has 0 heterocycles. The number of rotatable bonds is 0. The van der Waals surface area contributed by atoms with Crippen molar-refractivity contribution in [2.75, 3.05) is 0 Å². The molecule has 2 nitrogen and oxygen atoms in total. The highest BCUT2D eigenvalue weighted by atomic mass is 14.6. The van der Waals surface area contributed by atoms with Gasteiger partial charge in [-0.25, -0.2) is 0 Å².